The van der Waals surface area contributed by atoms with Crippen LogP contribution in [0.25, 0.3) is 16.6 Å². The van der Waals surface area contributed by atoms with Crippen molar-refractivity contribution in [2.45, 2.75) is 39.7 Å². The van der Waals surface area contributed by atoms with Gasteiger partial charge in [0.25, 0.3) is 5.91 Å². The van der Waals surface area contributed by atoms with Crippen LogP contribution in [0.15, 0.2) is 36.5 Å². The fraction of sp³-hybridized carbons (Fsp3) is 0.350. The van der Waals surface area contributed by atoms with E-state index in [1.807, 2.05) is 44.2 Å². The van der Waals surface area contributed by atoms with Crippen LogP contribution >= 0.6 is 0 Å². The second-order valence-electron chi connectivity index (χ2n) is 7.41. The van der Waals surface area contributed by atoms with Crippen molar-refractivity contribution < 1.29 is 14.7 Å². The molecule has 1 atom stereocenters. The average molecular weight is 381 g/mol. The van der Waals surface area contributed by atoms with Gasteiger partial charge in [-0.2, -0.15) is 0 Å². The van der Waals surface area contributed by atoms with Gasteiger partial charge in [0.1, 0.15) is 0 Å². The Balaban J connectivity index is 1.91. The largest absolute Gasteiger partial charge is 0.481 e. The van der Waals surface area contributed by atoms with E-state index in [2.05, 4.69) is 20.6 Å². The highest BCUT2D eigenvalue weighted by molar-refractivity contribution is 5.94. The number of hydrogen-bond donors (Lipinski definition) is 2. The van der Waals surface area contributed by atoms with Crippen LogP contribution in [-0.2, 0) is 4.79 Å². The van der Waals surface area contributed by atoms with Gasteiger partial charge in [0.2, 0.25) is 0 Å². The van der Waals surface area contributed by atoms with E-state index in [1.54, 1.807) is 24.7 Å². The zero-order valence-corrected chi connectivity index (χ0v) is 16.3. The zero-order chi connectivity index (χ0) is 20.5. The van der Waals surface area contributed by atoms with Crippen molar-refractivity contribution in [2.75, 3.05) is 0 Å². The normalized spacial score (nSPS) is 13.5. The Hall–Kier alpha value is -3.29. The number of nitrogens with one attached hydrogen (secondary N) is 1. The summed E-state index contributed by atoms with van der Waals surface area (Å²) in [5.41, 5.74) is 1.48. The minimum Gasteiger partial charge on any atom is -0.481 e. The number of carbonyl (C=O) groups is 2. The lowest BCUT2D eigenvalue weighted by Crippen LogP contribution is -2.51. The van der Waals surface area contributed by atoms with E-state index in [4.69, 9.17) is 0 Å². The van der Waals surface area contributed by atoms with Crippen molar-refractivity contribution in [1.82, 2.24) is 25.3 Å². The highest BCUT2D eigenvalue weighted by Crippen LogP contribution is 2.23. The molecule has 146 valence electrons. The number of benzene rings is 1. The smallest absolute Gasteiger partial charge is 0.305 e. The number of nitrogens with zero attached hydrogens (tertiary/aromatic N) is 4. The molecule has 0 aliphatic heterocycles. The van der Waals surface area contributed by atoms with Gasteiger partial charge in [0.05, 0.1) is 28.9 Å². The summed E-state index contributed by atoms with van der Waals surface area (Å²) in [4.78, 5) is 28.3. The second kappa shape index (κ2) is 7.38. The van der Waals surface area contributed by atoms with Crippen molar-refractivity contribution >= 4 is 22.8 Å². The molecule has 2 aromatic heterocycles. The van der Waals surface area contributed by atoms with E-state index in [9.17, 15) is 14.7 Å². The molecule has 0 radical (unpaired) electrons. The summed E-state index contributed by atoms with van der Waals surface area (Å²) in [6.45, 7) is 7.22. The molecule has 0 saturated carbocycles. The highest BCUT2D eigenvalue weighted by atomic mass is 16.4. The van der Waals surface area contributed by atoms with E-state index >= 15 is 0 Å². The van der Waals surface area contributed by atoms with Gasteiger partial charge >= 0.3 is 5.97 Å². The van der Waals surface area contributed by atoms with Crippen molar-refractivity contribution in [2.24, 2.45) is 5.92 Å². The van der Waals surface area contributed by atoms with Gasteiger partial charge in [0.15, 0.2) is 5.69 Å². The first-order chi connectivity index (χ1) is 13.2. The van der Waals surface area contributed by atoms with Gasteiger partial charge in [-0.25, -0.2) is 4.68 Å². The summed E-state index contributed by atoms with van der Waals surface area (Å²) < 4.78 is 1.59. The molecule has 1 amide bonds. The van der Waals surface area contributed by atoms with Crippen LogP contribution in [0, 0.1) is 12.8 Å². The van der Waals surface area contributed by atoms with Gasteiger partial charge in [-0.05, 0) is 44.0 Å². The van der Waals surface area contributed by atoms with Gasteiger partial charge in [-0.3, -0.25) is 14.6 Å². The molecule has 2 heterocycles. The summed E-state index contributed by atoms with van der Waals surface area (Å²) >= 11 is 0. The predicted molar refractivity (Wildman–Crippen MR) is 104 cm³/mol. The molecule has 0 fully saturated rings. The maximum absolute atomic E-state index is 12.8. The summed E-state index contributed by atoms with van der Waals surface area (Å²) in [5, 5.41) is 21.1. The Morgan fingerprint density at radius 3 is 2.71 bits per heavy atom. The number of aromatic nitrogens is 4. The predicted octanol–water partition coefficient (Wildman–Crippen LogP) is 2.74. The van der Waals surface area contributed by atoms with Crippen LogP contribution in [-0.4, -0.2) is 42.5 Å². The van der Waals surface area contributed by atoms with Gasteiger partial charge < -0.3 is 10.4 Å². The molecule has 2 N–H and O–H groups in total. The second-order valence-corrected chi connectivity index (χ2v) is 7.41. The van der Waals surface area contributed by atoms with E-state index in [-0.39, 0.29) is 18.0 Å². The topological polar surface area (TPSA) is 110 Å². The molecule has 0 bridgehead atoms. The van der Waals surface area contributed by atoms with Crippen molar-refractivity contribution in [3.63, 3.8) is 0 Å². The summed E-state index contributed by atoms with van der Waals surface area (Å²) in [5.74, 6) is -1.49. The number of hydrogen-bond acceptors (Lipinski definition) is 5. The molecule has 1 aromatic carbocycles. The van der Waals surface area contributed by atoms with Crippen LogP contribution in [0.1, 0.15) is 43.4 Å². The summed E-state index contributed by atoms with van der Waals surface area (Å²) in [6.07, 6.45) is 1.55. The minimum atomic E-state index is -0.971. The molecule has 8 heteroatoms. The van der Waals surface area contributed by atoms with Crippen LogP contribution in [0.3, 0.4) is 0 Å². The van der Waals surface area contributed by atoms with E-state index in [0.717, 1.165) is 16.6 Å². The number of rotatable bonds is 6. The molecule has 8 nitrogen and oxygen atoms in total. The molecule has 0 spiro atoms. The first kappa shape index (κ1) is 19.5. The molecule has 3 rings (SSSR count). The lowest BCUT2D eigenvalue weighted by Gasteiger charge is -2.33. The first-order valence-electron chi connectivity index (χ1n) is 9.03. The zero-order valence-electron chi connectivity index (χ0n) is 16.3. The number of amides is 1. The third-order valence-electron chi connectivity index (χ3n) is 5.13. The maximum Gasteiger partial charge on any atom is 0.305 e. The average Bonchev–Trinajstić information content (AvgIpc) is 3.02. The third kappa shape index (κ3) is 3.71. The third-order valence-corrected chi connectivity index (χ3v) is 5.13. The molecule has 1 unspecified atom stereocenters. The van der Waals surface area contributed by atoms with Crippen molar-refractivity contribution in [3.8, 4) is 5.69 Å². The number of fused-ring (bicyclic) bond motifs is 1. The Morgan fingerprint density at radius 1 is 1.29 bits per heavy atom. The molecule has 0 aliphatic carbocycles. The van der Waals surface area contributed by atoms with E-state index in [1.165, 1.54) is 0 Å². The number of carbonyl (C=O) groups excluding carboxylic acids is 1. The summed E-state index contributed by atoms with van der Waals surface area (Å²) in [6, 6.07) is 9.48. The molecule has 0 aliphatic rings. The van der Waals surface area contributed by atoms with Gasteiger partial charge in [0, 0.05) is 11.6 Å². The fourth-order valence-electron chi connectivity index (χ4n) is 3.00. The Morgan fingerprint density at radius 2 is 2.04 bits per heavy atom. The van der Waals surface area contributed by atoms with Crippen LogP contribution in [0.2, 0.25) is 0 Å². The molecular formula is C20H23N5O3. The number of pyridine rings is 1. The quantitative estimate of drug-likeness (QED) is 0.679. The maximum atomic E-state index is 12.8. The molecule has 3 aromatic rings. The van der Waals surface area contributed by atoms with E-state index < -0.39 is 17.4 Å². The number of carboxylic acids is 1. The first-order valence-corrected chi connectivity index (χ1v) is 9.03. The fourth-order valence-corrected chi connectivity index (χ4v) is 3.00. The Kier molecular flexibility index (Phi) is 5.13. The van der Waals surface area contributed by atoms with Crippen LogP contribution in [0.4, 0.5) is 0 Å². The lowest BCUT2D eigenvalue weighted by molar-refractivity contribution is -0.138. The Labute approximate surface area is 162 Å². The Bertz CT molecular complexity index is 1040. The van der Waals surface area contributed by atoms with Crippen LogP contribution < -0.4 is 5.32 Å². The molecular weight excluding hydrogens is 358 g/mol. The van der Waals surface area contributed by atoms with E-state index in [0.29, 0.717) is 5.69 Å². The SMILES string of the molecule is Cc1c(C(=O)NC(C)(CC(=O)O)C(C)C)nnn1-c1ccc2ncccc2c1. The van der Waals surface area contributed by atoms with Crippen molar-refractivity contribution in [1.29, 1.82) is 0 Å². The summed E-state index contributed by atoms with van der Waals surface area (Å²) in [7, 11) is 0. The molecule has 0 saturated heterocycles. The van der Waals surface area contributed by atoms with Gasteiger partial charge in [-0.15, -0.1) is 5.10 Å². The van der Waals surface area contributed by atoms with Gasteiger partial charge in [-0.1, -0.05) is 25.1 Å². The monoisotopic (exact) mass is 381 g/mol. The minimum absolute atomic E-state index is 0.0733. The van der Waals surface area contributed by atoms with Crippen molar-refractivity contribution in [3.05, 3.63) is 47.9 Å². The van der Waals surface area contributed by atoms with Crippen LogP contribution in [0.5, 0.6) is 0 Å². The lowest BCUT2D eigenvalue weighted by atomic mass is 9.85. The highest BCUT2D eigenvalue weighted by Gasteiger charge is 2.34. The number of carboxylic acid groups (broad SMARTS) is 1. The molecule has 28 heavy (non-hydrogen) atoms. The number of aliphatic carboxylic acids is 1. The standard InChI is InChI=1S/C20H23N5O3/c1-12(2)20(4,11-17(26)27)22-19(28)18-13(3)25(24-23-18)15-7-8-16-14(10-15)6-5-9-21-16/h5-10,12H,11H2,1-4H3,(H,22,28)(H,26,27).